The van der Waals surface area contributed by atoms with Crippen LogP contribution in [-0.2, 0) is 9.59 Å². The summed E-state index contributed by atoms with van der Waals surface area (Å²) in [6.07, 6.45) is 4.91. The Morgan fingerprint density at radius 1 is 1.40 bits per heavy atom. The number of amides is 2. The fourth-order valence-electron chi connectivity index (χ4n) is 1.82. The average Bonchev–Trinajstić information content (AvgIpc) is 2.65. The molecule has 0 aromatic rings. The largest absolute Gasteiger partial charge is 0.347 e. The minimum absolute atomic E-state index is 0.0188. The zero-order chi connectivity index (χ0) is 11.4. The first-order valence-corrected chi connectivity index (χ1v) is 5.22. The fraction of sp³-hybridized carbons (Fsp3) is 0.636. The van der Waals surface area contributed by atoms with Gasteiger partial charge in [-0.1, -0.05) is 6.08 Å². The molecule has 15 heavy (non-hydrogen) atoms. The van der Waals surface area contributed by atoms with Crippen molar-refractivity contribution in [3.8, 4) is 0 Å². The number of likely N-dealkylation sites (tertiary alicyclic amines) is 1. The van der Waals surface area contributed by atoms with Crippen LogP contribution < -0.4 is 0 Å². The lowest BCUT2D eigenvalue weighted by molar-refractivity contribution is -0.139. The molecule has 1 aliphatic rings. The lowest BCUT2D eigenvalue weighted by Crippen LogP contribution is -2.44. The summed E-state index contributed by atoms with van der Waals surface area (Å²) in [6.45, 7) is 2.49. The van der Waals surface area contributed by atoms with Crippen molar-refractivity contribution in [2.45, 2.75) is 25.8 Å². The van der Waals surface area contributed by atoms with E-state index in [9.17, 15) is 9.59 Å². The number of nitrogens with zero attached hydrogens (tertiary/aromatic N) is 2. The molecule has 0 radical (unpaired) electrons. The smallest absolute Gasteiger partial charge is 0.246 e. The Hall–Kier alpha value is -1.32. The van der Waals surface area contributed by atoms with Crippen LogP contribution >= 0.6 is 0 Å². The highest BCUT2D eigenvalue weighted by molar-refractivity contribution is 5.93. The Morgan fingerprint density at radius 2 is 2.07 bits per heavy atom. The van der Waals surface area contributed by atoms with Crippen LogP contribution in [0.25, 0.3) is 0 Å². The van der Waals surface area contributed by atoms with Crippen molar-refractivity contribution in [3.63, 3.8) is 0 Å². The first-order valence-electron chi connectivity index (χ1n) is 5.22. The molecule has 4 nitrogen and oxygen atoms in total. The zero-order valence-corrected chi connectivity index (χ0v) is 9.56. The summed E-state index contributed by atoms with van der Waals surface area (Å²) >= 11 is 0. The van der Waals surface area contributed by atoms with E-state index >= 15 is 0 Å². The third kappa shape index (κ3) is 2.58. The van der Waals surface area contributed by atoms with Crippen LogP contribution in [0.2, 0.25) is 0 Å². The number of carbonyl (C=O) groups is 2. The van der Waals surface area contributed by atoms with Gasteiger partial charge < -0.3 is 9.80 Å². The topological polar surface area (TPSA) is 40.6 Å². The van der Waals surface area contributed by atoms with Gasteiger partial charge in [-0.3, -0.25) is 9.59 Å². The van der Waals surface area contributed by atoms with Gasteiger partial charge in [0.1, 0.15) is 6.04 Å². The van der Waals surface area contributed by atoms with Crippen LogP contribution in [0.15, 0.2) is 12.2 Å². The van der Waals surface area contributed by atoms with E-state index in [2.05, 4.69) is 0 Å². The van der Waals surface area contributed by atoms with Crippen LogP contribution in [0.3, 0.4) is 0 Å². The molecular formula is C11H18N2O2. The van der Waals surface area contributed by atoms with Gasteiger partial charge in [-0.05, 0) is 25.8 Å². The number of allylic oxidation sites excluding steroid dienone is 1. The van der Waals surface area contributed by atoms with E-state index < -0.39 is 0 Å². The molecule has 84 valence electrons. The van der Waals surface area contributed by atoms with E-state index in [1.54, 1.807) is 36.9 Å². The van der Waals surface area contributed by atoms with Crippen LogP contribution in [0.4, 0.5) is 0 Å². The summed E-state index contributed by atoms with van der Waals surface area (Å²) in [6, 6.07) is -0.260. The summed E-state index contributed by atoms with van der Waals surface area (Å²) in [5.74, 6) is -0.0412. The molecule has 1 rings (SSSR count). The first-order chi connectivity index (χ1) is 7.07. The average molecular weight is 210 g/mol. The highest BCUT2D eigenvalue weighted by Crippen LogP contribution is 2.19. The summed E-state index contributed by atoms with van der Waals surface area (Å²) in [4.78, 5) is 26.6. The summed E-state index contributed by atoms with van der Waals surface area (Å²) in [5.41, 5.74) is 0. The number of hydrogen-bond acceptors (Lipinski definition) is 2. The highest BCUT2D eigenvalue weighted by Gasteiger charge is 2.33. The lowest BCUT2D eigenvalue weighted by atomic mass is 10.2. The van der Waals surface area contributed by atoms with E-state index in [-0.39, 0.29) is 17.9 Å². The maximum absolute atomic E-state index is 11.8. The second-order valence-electron chi connectivity index (χ2n) is 3.92. The normalized spacial score (nSPS) is 21.0. The van der Waals surface area contributed by atoms with E-state index in [0.717, 1.165) is 12.8 Å². The Bertz CT molecular complexity index is 284. The molecule has 1 unspecified atom stereocenters. The second kappa shape index (κ2) is 4.96. The van der Waals surface area contributed by atoms with Gasteiger partial charge >= 0.3 is 0 Å². The summed E-state index contributed by atoms with van der Waals surface area (Å²) in [5, 5.41) is 0. The molecule has 0 aromatic heterocycles. The van der Waals surface area contributed by atoms with Crippen LogP contribution in [0, 0.1) is 0 Å². The van der Waals surface area contributed by atoms with Crippen molar-refractivity contribution in [2.75, 3.05) is 20.6 Å². The predicted octanol–water partition coefficient (Wildman–Crippen LogP) is 0.642. The molecule has 1 aliphatic heterocycles. The Balaban J connectivity index is 2.73. The third-order valence-corrected chi connectivity index (χ3v) is 2.57. The molecule has 0 spiro atoms. The molecular weight excluding hydrogens is 192 g/mol. The summed E-state index contributed by atoms with van der Waals surface area (Å²) in [7, 11) is 3.44. The van der Waals surface area contributed by atoms with Crippen molar-refractivity contribution in [1.82, 2.24) is 9.80 Å². The standard InChI is InChI=1S/C11H18N2O2/c1-4-6-10(14)13-8-5-7-9(13)11(15)12(2)3/h4,6,9H,5,7-8H2,1-3H3. The van der Waals surface area contributed by atoms with Crippen LogP contribution in [-0.4, -0.2) is 48.3 Å². The van der Waals surface area contributed by atoms with Gasteiger partial charge in [0.15, 0.2) is 0 Å². The fourth-order valence-corrected chi connectivity index (χ4v) is 1.82. The molecule has 0 aromatic carbocycles. The second-order valence-corrected chi connectivity index (χ2v) is 3.92. The third-order valence-electron chi connectivity index (χ3n) is 2.57. The van der Waals surface area contributed by atoms with Gasteiger partial charge in [-0.25, -0.2) is 0 Å². The highest BCUT2D eigenvalue weighted by atomic mass is 16.2. The molecule has 0 bridgehead atoms. The van der Waals surface area contributed by atoms with Gasteiger partial charge in [-0.15, -0.1) is 0 Å². The maximum atomic E-state index is 11.8. The monoisotopic (exact) mass is 210 g/mol. The van der Waals surface area contributed by atoms with Gasteiger partial charge in [0.25, 0.3) is 0 Å². The first kappa shape index (κ1) is 11.8. The van der Waals surface area contributed by atoms with Gasteiger partial charge in [0.2, 0.25) is 11.8 Å². The zero-order valence-electron chi connectivity index (χ0n) is 9.56. The number of likely N-dealkylation sites (N-methyl/N-ethyl adjacent to an activating group) is 1. The van der Waals surface area contributed by atoms with Gasteiger partial charge in [0, 0.05) is 20.6 Å². The van der Waals surface area contributed by atoms with Crippen molar-refractivity contribution >= 4 is 11.8 Å². The van der Waals surface area contributed by atoms with Crippen molar-refractivity contribution in [2.24, 2.45) is 0 Å². The molecule has 1 fully saturated rings. The van der Waals surface area contributed by atoms with Crippen LogP contribution in [0.1, 0.15) is 19.8 Å². The van der Waals surface area contributed by atoms with E-state index in [1.807, 2.05) is 0 Å². The number of rotatable bonds is 2. The minimum Gasteiger partial charge on any atom is -0.347 e. The predicted molar refractivity (Wildman–Crippen MR) is 58.2 cm³/mol. The van der Waals surface area contributed by atoms with Crippen LogP contribution in [0.5, 0.6) is 0 Å². The Labute approximate surface area is 90.5 Å². The number of carbonyl (C=O) groups excluding carboxylic acids is 2. The van der Waals surface area contributed by atoms with E-state index in [4.69, 9.17) is 0 Å². The summed E-state index contributed by atoms with van der Waals surface area (Å²) < 4.78 is 0. The quantitative estimate of drug-likeness (QED) is 0.628. The van der Waals surface area contributed by atoms with Crippen molar-refractivity contribution in [3.05, 3.63) is 12.2 Å². The molecule has 0 aliphatic carbocycles. The maximum Gasteiger partial charge on any atom is 0.246 e. The molecule has 4 heteroatoms. The molecule has 2 amide bonds. The van der Waals surface area contributed by atoms with Gasteiger partial charge in [0.05, 0.1) is 0 Å². The van der Waals surface area contributed by atoms with E-state index in [1.165, 1.54) is 6.08 Å². The SMILES string of the molecule is CC=CC(=O)N1CCCC1C(=O)N(C)C. The van der Waals surface area contributed by atoms with Gasteiger partial charge in [-0.2, -0.15) is 0 Å². The Kier molecular flexibility index (Phi) is 3.88. The number of hydrogen-bond donors (Lipinski definition) is 0. The minimum atomic E-state index is -0.260. The Morgan fingerprint density at radius 3 is 2.60 bits per heavy atom. The molecule has 1 heterocycles. The molecule has 1 saturated heterocycles. The molecule has 1 atom stereocenters. The lowest BCUT2D eigenvalue weighted by Gasteiger charge is -2.25. The van der Waals surface area contributed by atoms with Crippen molar-refractivity contribution in [1.29, 1.82) is 0 Å². The molecule has 0 saturated carbocycles. The van der Waals surface area contributed by atoms with E-state index in [0.29, 0.717) is 6.54 Å². The van der Waals surface area contributed by atoms with Crippen molar-refractivity contribution < 1.29 is 9.59 Å². The molecule has 0 N–H and O–H groups in total.